The lowest BCUT2D eigenvalue weighted by atomic mass is 10.4. The van der Waals surface area contributed by atoms with Gasteiger partial charge in [-0.2, -0.15) is 13.2 Å². The smallest absolute Gasteiger partial charge is 0.272 e. The van der Waals surface area contributed by atoms with Crippen molar-refractivity contribution in [2.24, 2.45) is 4.03 Å². The van der Waals surface area contributed by atoms with Crippen LogP contribution in [-0.4, -0.2) is 25.2 Å². The zero-order chi connectivity index (χ0) is 14.7. The Morgan fingerprint density at radius 1 is 1.21 bits per heavy atom. The van der Waals surface area contributed by atoms with Gasteiger partial charge in [0.15, 0.2) is 24.9 Å². The molecule has 0 N–H and O–H groups in total. The summed E-state index contributed by atoms with van der Waals surface area (Å²) in [5.74, 6) is 0. The second-order valence-electron chi connectivity index (χ2n) is 4.93. The summed E-state index contributed by atoms with van der Waals surface area (Å²) in [6.45, 7) is 3.78. The SMILES string of the molecule is C[Si](C)(C)N=[S@](=O)(OCC(F)(F)F)c1ccccc1. The average Bonchev–Trinajstić information content (AvgIpc) is 2.25. The summed E-state index contributed by atoms with van der Waals surface area (Å²) >= 11 is 0. The van der Waals surface area contributed by atoms with E-state index in [9.17, 15) is 17.4 Å². The van der Waals surface area contributed by atoms with Crippen LogP contribution in [0.2, 0.25) is 19.6 Å². The van der Waals surface area contributed by atoms with Crippen molar-refractivity contribution in [3.05, 3.63) is 30.3 Å². The number of hydrogen-bond acceptors (Lipinski definition) is 3. The molecule has 0 spiro atoms. The van der Waals surface area contributed by atoms with Gasteiger partial charge < -0.3 is 0 Å². The van der Waals surface area contributed by atoms with Gasteiger partial charge in [0.05, 0.1) is 4.90 Å². The highest BCUT2D eigenvalue weighted by atomic mass is 32.2. The Labute approximate surface area is 112 Å². The third kappa shape index (κ3) is 5.75. The normalized spacial score (nSPS) is 15.9. The molecule has 0 heterocycles. The van der Waals surface area contributed by atoms with Crippen LogP contribution in [0.4, 0.5) is 13.2 Å². The molecule has 3 nitrogen and oxygen atoms in total. The lowest BCUT2D eigenvalue weighted by Gasteiger charge is -2.17. The molecular formula is C11H16F3NO2SSi. The fourth-order valence-corrected chi connectivity index (χ4v) is 5.69. The summed E-state index contributed by atoms with van der Waals surface area (Å²) in [7, 11) is -5.71. The molecule has 1 atom stereocenters. The van der Waals surface area contributed by atoms with Gasteiger partial charge in [-0.05, 0) is 31.8 Å². The minimum absolute atomic E-state index is 0.168. The van der Waals surface area contributed by atoms with Gasteiger partial charge in [0.2, 0.25) is 0 Å². The maximum absolute atomic E-state index is 12.6. The van der Waals surface area contributed by atoms with Crippen LogP contribution in [0.25, 0.3) is 0 Å². The summed E-state index contributed by atoms with van der Waals surface area (Å²) < 4.78 is 58.0. The molecule has 0 unspecified atom stereocenters. The molecular weight excluding hydrogens is 295 g/mol. The lowest BCUT2D eigenvalue weighted by Crippen LogP contribution is -2.25. The zero-order valence-corrected chi connectivity index (χ0v) is 12.7. The van der Waals surface area contributed by atoms with Crippen LogP contribution in [0.3, 0.4) is 0 Å². The first kappa shape index (κ1) is 16.2. The molecule has 0 saturated heterocycles. The van der Waals surface area contributed by atoms with Gasteiger partial charge in [-0.25, -0.2) is 4.21 Å². The summed E-state index contributed by atoms with van der Waals surface area (Å²) in [4.78, 5) is 0.168. The molecule has 0 aliphatic rings. The van der Waals surface area contributed by atoms with E-state index in [1.807, 2.05) is 0 Å². The number of alkyl halides is 3. The van der Waals surface area contributed by atoms with Gasteiger partial charge in [0, 0.05) is 0 Å². The molecule has 19 heavy (non-hydrogen) atoms. The fourth-order valence-electron chi connectivity index (χ4n) is 1.25. The first-order valence-electron chi connectivity index (χ1n) is 5.56. The van der Waals surface area contributed by atoms with Gasteiger partial charge in [-0.1, -0.05) is 18.2 Å². The quantitative estimate of drug-likeness (QED) is 0.792. The number of hydrogen-bond donors (Lipinski definition) is 0. The van der Waals surface area contributed by atoms with Crippen molar-refractivity contribution < 1.29 is 21.6 Å². The van der Waals surface area contributed by atoms with E-state index in [2.05, 4.69) is 8.21 Å². The Hall–Kier alpha value is -0.863. The second kappa shape index (κ2) is 5.64. The van der Waals surface area contributed by atoms with E-state index < -0.39 is 31.0 Å². The third-order valence-electron chi connectivity index (χ3n) is 1.82. The molecule has 108 valence electrons. The molecule has 0 fully saturated rings. The summed E-state index contributed by atoms with van der Waals surface area (Å²) in [5, 5.41) is 0. The van der Waals surface area contributed by atoms with Gasteiger partial charge in [0.25, 0.3) is 0 Å². The van der Waals surface area contributed by atoms with E-state index in [1.54, 1.807) is 37.8 Å². The van der Waals surface area contributed by atoms with Crippen LogP contribution >= 0.6 is 0 Å². The highest BCUT2D eigenvalue weighted by molar-refractivity contribution is 7.89. The predicted octanol–water partition coefficient (Wildman–Crippen LogP) is 3.84. The first-order chi connectivity index (χ1) is 8.52. The maximum Gasteiger partial charge on any atom is 0.413 e. The van der Waals surface area contributed by atoms with Crippen LogP contribution in [0, 0.1) is 0 Å². The van der Waals surface area contributed by atoms with E-state index in [-0.39, 0.29) is 4.90 Å². The molecule has 0 radical (unpaired) electrons. The van der Waals surface area contributed by atoms with Crippen molar-refractivity contribution in [2.45, 2.75) is 30.7 Å². The second-order valence-corrected chi connectivity index (χ2v) is 11.7. The molecule has 0 bridgehead atoms. The van der Waals surface area contributed by atoms with Crippen LogP contribution in [0.1, 0.15) is 0 Å². The molecule has 0 amide bonds. The van der Waals surface area contributed by atoms with Crippen LogP contribution in [0.5, 0.6) is 0 Å². The highest BCUT2D eigenvalue weighted by Gasteiger charge is 2.31. The van der Waals surface area contributed by atoms with Crippen molar-refractivity contribution >= 4 is 18.2 Å². The van der Waals surface area contributed by atoms with E-state index >= 15 is 0 Å². The van der Waals surface area contributed by atoms with Crippen molar-refractivity contribution in [1.82, 2.24) is 0 Å². The zero-order valence-electron chi connectivity index (χ0n) is 10.9. The summed E-state index contributed by atoms with van der Waals surface area (Å²) in [5.41, 5.74) is 0. The topological polar surface area (TPSA) is 38.7 Å². The Kier molecular flexibility index (Phi) is 4.80. The van der Waals surface area contributed by atoms with Crippen molar-refractivity contribution in [2.75, 3.05) is 6.61 Å². The molecule has 0 aliphatic carbocycles. The first-order valence-corrected chi connectivity index (χ1v) is 10.5. The Balaban J connectivity index is 3.21. The number of benzene rings is 1. The summed E-state index contributed by atoms with van der Waals surface area (Å²) in [6, 6.07) is 7.78. The number of nitrogens with zero attached hydrogens (tertiary/aromatic N) is 1. The third-order valence-corrected chi connectivity index (χ3v) is 6.27. The molecule has 0 aliphatic heterocycles. The molecule has 1 rings (SSSR count). The standard InChI is InChI=1S/C11H16F3NO2SSi/c1-19(2,3)15-18(16,17-9-11(12,13)14)10-7-5-4-6-8-10/h4-8H,9H2,1-3H3/t18-/m1/s1. The molecule has 1 aromatic rings. The molecule has 0 aromatic heterocycles. The van der Waals surface area contributed by atoms with Gasteiger partial charge in [-0.15, -0.1) is 0 Å². The molecule has 1 aromatic carbocycles. The van der Waals surface area contributed by atoms with E-state index in [1.165, 1.54) is 12.1 Å². The summed E-state index contributed by atoms with van der Waals surface area (Å²) in [6.07, 6.45) is -4.54. The van der Waals surface area contributed by atoms with Crippen LogP contribution < -0.4 is 0 Å². The Morgan fingerprint density at radius 3 is 2.16 bits per heavy atom. The monoisotopic (exact) mass is 311 g/mol. The largest absolute Gasteiger partial charge is 0.413 e. The minimum Gasteiger partial charge on any atom is -0.272 e. The number of halogens is 3. The average molecular weight is 311 g/mol. The van der Waals surface area contributed by atoms with Crippen LogP contribution in [0.15, 0.2) is 39.3 Å². The van der Waals surface area contributed by atoms with E-state index in [0.717, 1.165) is 0 Å². The van der Waals surface area contributed by atoms with Gasteiger partial charge >= 0.3 is 6.18 Å². The fraction of sp³-hybridized carbons (Fsp3) is 0.455. The minimum atomic E-state index is -4.54. The van der Waals surface area contributed by atoms with E-state index in [4.69, 9.17) is 0 Å². The predicted molar refractivity (Wildman–Crippen MR) is 70.6 cm³/mol. The van der Waals surface area contributed by atoms with Crippen molar-refractivity contribution in [3.8, 4) is 0 Å². The number of rotatable bonds is 4. The lowest BCUT2D eigenvalue weighted by molar-refractivity contribution is -0.152. The molecule has 0 saturated carbocycles. The maximum atomic E-state index is 12.6. The molecule has 8 heteroatoms. The Morgan fingerprint density at radius 2 is 1.74 bits per heavy atom. The van der Waals surface area contributed by atoms with E-state index in [0.29, 0.717) is 0 Å². The van der Waals surface area contributed by atoms with Crippen LogP contribution in [-0.2, 0) is 14.2 Å². The van der Waals surface area contributed by atoms with Gasteiger partial charge in [-0.3, -0.25) is 8.21 Å². The highest BCUT2D eigenvalue weighted by Crippen LogP contribution is 2.23. The Bertz CT molecular complexity index is 531. The van der Waals surface area contributed by atoms with Crippen molar-refractivity contribution in [1.29, 1.82) is 0 Å². The van der Waals surface area contributed by atoms with Gasteiger partial charge in [0.1, 0.15) is 0 Å². The van der Waals surface area contributed by atoms with Crippen molar-refractivity contribution in [3.63, 3.8) is 0 Å².